The average molecular weight is 271 g/mol. The van der Waals surface area contributed by atoms with Crippen LogP contribution in [0, 0.1) is 5.92 Å². The van der Waals surface area contributed by atoms with Crippen molar-refractivity contribution in [1.82, 2.24) is 0 Å². The Balaban J connectivity index is 1.68. The summed E-state index contributed by atoms with van der Waals surface area (Å²) >= 11 is 0. The molecule has 0 spiro atoms. The van der Waals surface area contributed by atoms with Gasteiger partial charge in [-0.25, -0.2) is 0 Å². The van der Waals surface area contributed by atoms with E-state index in [9.17, 15) is 4.79 Å². The van der Waals surface area contributed by atoms with E-state index in [0.29, 0.717) is 11.7 Å². The topological polar surface area (TPSA) is 43.1 Å². The van der Waals surface area contributed by atoms with Crippen LogP contribution in [0.25, 0.3) is 0 Å². The molecule has 2 aliphatic rings. The van der Waals surface area contributed by atoms with Gasteiger partial charge in [0.2, 0.25) is 0 Å². The fourth-order valence-corrected chi connectivity index (χ4v) is 4.00. The molecule has 0 radical (unpaired) electrons. The van der Waals surface area contributed by atoms with Gasteiger partial charge in [-0.05, 0) is 55.6 Å². The second-order valence-electron chi connectivity index (χ2n) is 6.58. The van der Waals surface area contributed by atoms with Gasteiger partial charge in [0.15, 0.2) is 0 Å². The Hall–Kier alpha value is -1.15. The predicted molar refractivity (Wildman–Crippen MR) is 81.7 cm³/mol. The van der Waals surface area contributed by atoms with Crippen LogP contribution in [-0.4, -0.2) is 11.8 Å². The lowest BCUT2D eigenvalue weighted by atomic mass is 9.76. The maximum Gasteiger partial charge on any atom is 0.136 e. The van der Waals surface area contributed by atoms with E-state index >= 15 is 0 Å². The van der Waals surface area contributed by atoms with Crippen LogP contribution in [0.2, 0.25) is 0 Å². The highest BCUT2D eigenvalue weighted by atomic mass is 16.1. The van der Waals surface area contributed by atoms with Gasteiger partial charge in [-0.15, -0.1) is 0 Å². The van der Waals surface area contributed by atoms with Crippen LogP contribution in [0.1, 0.15) is 62.0 Å². The number of ketones is 1. The van der Waals surface area contributed by atoms with E-state index in [1.807, 2.05) is 0 Å². The third-order valence-corrected chi connectivity index (χ3v) is 5.11. The molecule has 1 saturated carbocycles. The zero-order valence-electron chi connectivity index (χ0n) is 12.2. The summed E-state index contributed by atoms with van der Waals surface area (Å²) in [6.45, 7) is 0. The summed E-state index contributed by atoms with van der Waals surface area (Å²) in [5.41, 5.74) is 8.90. The standard InChI is InChI=1S/C18H25NO/c19-16-9-4-8-15(11-16)18(20)12-14-7-3-6-13-5-1-2-10-17(13)14/h1-2,5,10,14-16H,3-4,6-9,11-12,19H2. The predicted octanol–water partition coefficient (Wildman–Crippen LogP) is 3.58. The molecule has 20 heavy (non-hydrogen) atoms. The number of carbonyl (C=O) groups is 1. The number of benzene rings is 1. The maximum absolute atomic E-state index is 12.6. The maximum atomic E-state index is 12.6. The van der Waals surface area contributed by atoms with Gasteiger partial charge in [-0.1, -0.05) is 30.7 Å². The van der Waals surface area contributed by atoms with Crippen molar-refractivity contribution < 1.29 is 4.79 Å². The monoisotopic (exact) mass is 271 g/mol. The van der Waals surface area contributed by atoms with Crippen molar-refractivity contribution in [3.05, 3.63) is 35.4 Å². The van der Waals surface area contributed by atoms with E-state index < -0.39 is 0 Å². The molecule has 0 heterocycles. The first-order valence-corrected chi connectivity index (χ1v) is 8.10. The zero-order chi connectivity index (χ0) is 13.9. The number of nitrogens with two attached hydrogens (primary N) is 1. The van der Waals surface area contributed by atoms with E-state index in [0.717, 1.165) is 32.1 Å². The van der Waals surface area contributed by atoms with E-state index in [1.165, 1.54) is 30.4 Å². The molecule has 0 amide bonds. The molecule has 0 aliphatic heterocycles. The Morgan fingerprint density at radius 1 is 1.15 bits per heavy atom. The first-order valence-electron chi connectivity index (χ1n) is 8.10. The van der Waals surface area contributed by atoms with Crippen molar-refractivity contribution in [1.29, 1.82) is 0 Å². The van der Waals surface area contributed by atoms with E-state index in [2.05, 4.69) is 24.3 Å². The zero-order valence-corrected chi connectivity index (χ0v) is 12.2. The molecule has 3 atom stereocenters. The second-order valence-corrected chi connectivity index (χ2v) is 6.58. The summed E-state index contributed by atoms with van der Waals surface area (Å²) < 4.78 is 0. The van der Waals surface area contributed by atoms with Gasteiger partial charge >= 0.3 is 0 Å². The summed E-state index contributed by atoms with van der Waals surface area (Å²) in [7, 11) is 0. The molecule has 0 aromatic heterocycles. The first kappa shape index (κ1) is 13.8. The lowest BCUT2D eigenvalue weighted by Crippen LogP contribution is -2.32. The van der Waals surface area contributed by atoms with Gasteiger partial charge in [-0.3, -0.25) is 4.79 Å². The van der Waals surface area contributed by atoms with Crippen LogP contribution in [0.3, 0.4) is 0 Å². The fourth-order valence-electron chi connectivity index (χ4n) is 4.00. The quantitative estimate of drug-likeness (QED) is 0.913. The number of aryl methyl sites for hydroxylation is 1. The van der Waals surface area contributed by atoms with Crippen molar-refractivity contribution in [2.45, 2.75) is 63.3 Å². The Kier molecular flexibility index (Phi) is 4.21. The van der Waals surface area contributed by atoms with Gasteiger partial charge in [0.25, 0.3) is 0 Å². The number of hydrogen-bond acceptors (Lipinski definition) is 2. The summed E-state index contributed by atoms with van der Waals surface area (Å²) in [4.78, 5) is 12.6. The Morgan fingerprint density at radius 3 is 2.85 bits per heavy atom. The van der Waals surface area contributed by atoms with Crippen molar-refractivity contribution in [2.75, 3.05) is 0 Å². The molecule has 3 unspecified atom stereocenters. The Morgan fingerprint density at radius 2 is 2.00 bits per heavy atom. The molecule has 0 saturated heterocycles. The molecule has 1 fully saturated rings. The number of Topliss-reactive ketones (excluding diaryl/α,β-unsaturated/α-hetero) is 1. The summed E-state index contributed by atoms with van der Waals surface area (Å²) in [6, 6.07) is 8.92. The molecule has 3 rings (SSSR count). The molecular weight excluding hydrogens is 246 g/mol. The molecular formula is C18H25NO. The highest BCUT2D eigenvalue weighted by molar-refractivity contribution is 5.82. The Labute approximate surface area is 121 Å². The first-order chi connectivity index (χ1) is 9.74. The number of hydrogen-bond donors (Lipinski definition) is 1. The summed E-state index contributed by atoms with van der Waals surface area (Å²) in [6.07, 6.45) is 8.48. The van der Waals surface area contributed by atoms with Gasteiger partial charge in [0.1, 0.15) is 5.78 Å². The van der Waals surface area contributed by atoms with Crippen molar-refractivity contribution in [2.24, 2.45) is 11.7 Å². The van der Waals surface area contributed by atoms with E-state index in [-0.39, 0.29) is 12.0 Å². The lowest BCUT2D eigenvalue weighted by molar-refractivity contribution is -0.124. The summed E-state index contributed by atoms with van der Waals surface area (Å²) in [5.74, 6) is 1.14. The van der Waals surface area contributed by atoms with Gasteiger partial charge in [0.05, 0.1) is 0 Å². The second kappa shape index (κ2) is 6.09. The molecule has 1 aromatic carbocycles. The third kappa shape index (κ3) is 2.95. The molecule has 2 nitrogen and oxygen atoms in total. The number of carbonyl (C=O) groups excluding carboxylic acids is 1. The SMILES string of the molecule is NC1CCCC(C(=O)CC2CCCc3ccccc32)C1. The summed E-state index contributed by atoms with van der Waals surface area (Å²) in [5, 5.41) is 0. The Bertz CT molecular complexity index is 482. The van der Waals surface area contributed by atoms with Crippen molar-refractivity contribution in [3.8, 4) is 0 Å². The number of fused-ring (bicyclic) bond motifs is 1. The van der Waals surface area contributed by atoms with Crippen molar-refractivity contribution in [3.63, 3.8) is 0 Å². The minimum atomic E-state index is 0.229. The van der Waals surface area contributed by atoms with Gasteiger partial charge < -0.3 is 5.73 Å². The van der Waals surface area contributed by atoms with Crippen LogP contribution in [0.5, 0.6) is 0 Å². The normalized spacial score (nSPS) is 29.8. The molecule has 2 N–H and O–H groups in total. The fraction of sp³-hybridized carbons (Fsp3) is 0.611. The van der Waals surface area contributed by atoms with Gasteiger partial charge in [-0.2, -0.15) is 0 Å². The molecule has 108 valence electrons. The highest BCUT2D eigenvalue weighted by Crippen LogP contribution is 2.36. The van der Waals surface area contributed by atoms with Crippen LogP contribution in [0.4, 0.5) is 0 Å². The van der Waals surface area contributed by atoms with Crippen molar-refractivity contribution >= 4 is 5.78 Å². The van der Waals surface area contributed by atoms with Crippen LogP contribution in [-0.2, 0) is 11.2 Å². The minimum absolute atomic E-state index is 0.229. The highest BCUT2D eigenvalue weighted by Gasteiger charge is 2.29. The van der Waals surface area contributed by atoms with Crippen LogP contribution < -0.4 is 5.73 Å². The smallest absolute Gasteiger partial charge is 0.136 e. The number of rotatable bonds is 3. The van der Waals surface area contributed by atoms with Gasteiger partial charge in [0, 0.05) is 18.4 Å². The molecule has 2 heteroatoms. The third-order valence-electron chi connectivity index (χ3n) is 5.11. The minimum Gasteiger partial charge on any atom is -0.328 e. The average Bonchev–Trinajstić information content (AvgIpc) is 2.47. The largest absolute Gasteiger partial charge is 0.328 e. The van der Waals surface area contributed by atoms with Crippen LogP contribution >= 0.6 is 0 Å². The van der Waals surface area contributed by atoms with E-state index in [4.69, 9.17) is 5.73 Å². The molecule has 2 aliphatic carbocycles. The molecule has 1 aromatic rings. The van der Waals surface area contributed by atoms with E-state index in [1.54, 1.807) is 0 Å². The van der Waals surface area contributed by atoms with Crippen LogP contribution in [0.15, 0.2) is 24.3 Å². The molecule has 0 bridgehead atoms. The lowest BCUT2D eigenvalue weighted by Gasteiger charge is -2.29.